The predicted molar refractivity (Wildman–Crippen MR) is 94.7 cm³/mol. The number of nitrogens with zero attached hydrogens (tertiary/aromatic N) is 1. The van der Waals surface area contributed by atoms with Gasteiger partial charge in [-0.15, -0.1) is 0 Å². The van der Waals surface area contributed by atoms with Crippen LogP contribution in [0.3, 0.4) is 0 Å². The summed E-state index contributed by atoms with van der Waals surface area (Å²) in [4.78, 5) is 13.5. The molecule has 2 aliphatic rings. The van der Waals surface area contributed by atoms with E-state index in [4.69, 9.17) is 23.2 Å². The molecule has 1 aliphatic carbocycles. The summed E-state index contributed by atoms with van der Waals surface area (Å²) in [6.07, 6.45) is 7.17. The molecule has 0 fully saturated rings. The predicted octanol–water partition coefficient (Wildman–Crippen LogP) is 4.12. The molecule has 23 heavy (non-hydrogen) atoms. The Bertz CT molecular complexity index is 697. The monoisotopic (exact) mass is 350 g/mol. The second kappa shape index (κ2) is 6.68. The molecule has 0 saturated heterocycles. The molecule has 3 nitrogen and oxygen atoms in total. The van der Waals surface area contributed by atoms with E-state index in [2.05, 4.69) is 35.5 Å². The number of allylic oxidation sites excluding steroid dienone is 3. The minimum atomic E-state index is -0.0411. The molecule has 1 aromatic rings. The van der Waals surface area contributed by atoms with Gasteiger partial charge in [0, 0.05) is 41.7 Å². The molecule has 1 N–H and O–H groups in total. The van der Waals surface area contributed by atoms with Crippen LogP contribution < -0.4 is 5.32 Å². The molecule has 5 heteroatoms. The number of hydrogen-bond acceptors (Lipinski definition) is 2. The highest BCUT2D eigenvalue weighted by molar-refractivity contribution is 6.35. The van der Waals surface area contributed by atoms with Crippen LogP contribution in [0.25, 0.3) is 0 Å². The summed E-state index contributed by atoms with van der Waals surface area (Å²) in [5.74, 6) is 0.690. The number of rotatable bonds is 2. The largest absolute Gasteiger partial charge is 0.327 e. The van der Waals surface area contributed by atoms with Crippen molar-refractivity contribution < 1.29 is 4.79 Å². The van der Waals surface area contributed by atoms with Gasteiger partial charge in [-0.2, -0.15) is 0 Å². The van der Waals surface area contributed by atoms with Crippen molar-refractivity contribution >= 4 is 29.1 Å². The summed E-state index contributed by atoms with van der Waals surface area (Å²) >= 11 is 12.6. The van der Waals surface area contributed by atoms with Gasteiger partial charge in [-0.1, -0.05) is 35.4 Å². The lowest BCUT2D eigenvalue weighted by Crippen LogP contribution is -2.34. The summed E-state index contributed by atoms with van der Waals surface area (Å²) in [6.45, 7) is 3.35. The Kier molecular flexibility index (Phi) is 4.81. The van der Waals surface area contributed by atoms with Gasteiger partial charge in [0.05, 0.1) is 0 Å². The molecule has 0 saturated carbocycles. The van der Waals surface area contributed by atoms with E-state index in [0.717, 1.165) is 30.2 Å². The van der Waals surface area contributed by atoms with Crippen molar-refractivity contribution in [2.24, 2.45) is 5.92 Å². The molecule has 0 radical (unpaired) electrons. The van der Waals surface area contributed by atoms with Gasteiger partial charge < -0.3 is 10.2 Å². The molecule has 3 rings (SSSR count). The maximum absolute atomic E-state index is 11.2. The lowest BCUT2D eigenvalue weighted by molar-refractivity contribution is -0.118. The first kappa shape index (κ1) is 16.6. The van der Waals surface area contributed by atoms with Gasteiger partial charge in [0.1, 0.15) is 0 Å². The zero-order chi connectivity index (χ0) is 16.6. The van der Waals surface area contributed by atoms with Crippen molar-refractivity contribution in [1.29, 1.82) is 0 Å². The highest BCUT2D eigenvalue weighted by atomic mass is 35.5. The summed E-state index contributed by atoms with van der Waals surface area (Å²) < 4.78 is 0. The fourth-order valence-electron chi connectivity index (χ4n) is 3.49. The molecule has 2 atom stereocenters. The first-order valence-electron chi connectivity index (χ1n) is 7.76. The number of likely N-dealkylation sites (N-methyl/N-ethyl adjacent to an activating group) is 1. The number of nitrogens with one attached hydrogen (secondary N) is 1. The van der Waals surface area contributed by atoms with Crippen LogP contribution in [-0.2, 0) is 11.3 Å². The molecular weight excluding hydrogens is 331 g/mol. The highest BCUT2D eigenvalue weighted by Gasteiger charge is 2.31. The Morgan fingerprint density at radius 3 is 2.78 bits per heavy atom. The van der Waals surface area contributed by atoms with Gasteiger partial charge in [-0.3, -0.25) is 4.79 Å². The molecule has 0 bridgehead atoms. The van der Waals surface area contributed by atoms with E-state index in [1.165, 1.54) is 18.1 Å². The third-order valence-electron chi connectivity index (χ3n) is 4.50. The summed E-state index contributed by atoms with van der Waals surface area (Å²) in [6, 6.07) is 3.88. The second-order valence-electron chi connectivity index (χ2n) is 6.36. The molecule has 1 amide bonds. The number of fused-ring (bicyclic) bond motifs is 1. The molecule has 1 heterocycles. The average Bonchev–Trinajstić information content (AvgIpc) is 2.48. The number of hydrogen-bond donors (Lipinski definition) is 1. The maximum Gasteiger partial charge on any atom is 0.221 e. The van der Waals surface area contributed by atoms with E-state index in [1.54, 1.807) is 0 Å². The van der Waals surface area contributed by atoms with E-state index in [0.29, 0.717) is 16.9 Å². The topological polar surface area (TPSA) is 32.3 Å². The first-order chi connectivity index (χ1) is 10.9. The molecule has 1 aliphatic heterocycles. The fraction of sp³-hybridized carbons (Fsp3) is 0.389. The van der Waals surface area contributed by atoms with Crippen LogP contribution >= 0.6 is 23.2 Å². The van der Waals surface area contributed by atoms with Crippen molar-refractivity contribution in [3.05, 3.63) is 57.2 Å². The Morgan fingerprint density at radius 2 is 2.13 bits per heavy atom. The van der Waals surface area contributed by atoms with Crippen LogP contribution in [0.1, 0.15) is 30.4 Å². The summed E-state index contributed by atoms with van der Waals surface area (Å²) in [5, 5.41) is 4.27. The van der Waals surface area contributed by atoms with Crippen molar-refractivity contribution in [2.75, 3.05) is 13.6 Å². The van der Waals surface area contributed by atoms with Crippen LogP contribution in [0.4, 0.5) is 0 Å². The van der Waals surface area contributed by atoms with Crippen LogP contribution in [-0.4, -0.2) is 24.4 Å². The first-order valence-corrected chi connectivity index (χ1v) is 8.52. The van der Waals surface area contributed by atoms with Gasteiger partial charge in [0.15, 0.2) is 0 Å². The Balaban J connectivity index is 1.87. The smallest absolute Gasteiger partial charge is 0.221 e. The quantitative estimate of drug-likeness (QED) is 0.869. The van der Waals surface area contributed by atoms with Gasteiger partial charge >= 0.3 is 0 Å². The third kappa shape index (κ3) is 3.63. The fourth-order valence-corrected chi connectivity index (χ4v) is 4.06. The standard InChI is InChI=1S/C18H20Cl2N2O/c1-11(23)21-14-5-3-12(4-6-14)16-9-22(2)10-17-15(16)7-13(19)8-18(17)20/h3,5-8,12,16H,4,9-10H2,1-2H3,(H,21,23). The number of halogens is 2. The lowest BCUT2D eigenvalue weighted by atomic mass is 9.78. The van der Waals surface area contributed by atoms with Gasteiger partial charge in [-0.25, -0.2) is 0 Å². The third-order valence-corrected chi connectivity index (χ3v) is 5.06. The Hall–Kier alpha value is -1.29. The van der Waals surface area contributed by atoms with Crippen LogP contribution in [0.2, 0.25) is 10.0 Å². The molecule has 0 aromatic heterocycles. The van der Waals surface area contributed by atoms with E-state index in [-0.39, 0.29) is 5.91 Å². The molecular formula is C18H20Cl2N2O. The molecule has 122 valence electrons. The second-order valence-corrected chi connectivity index (χ2v) is 7.20. The average molecular weight is 351 g/mol. The minimum absolute atomic E-state index is 0.0411. The van der Waals surface area contributed by atoms with Crippen LogP contribution in [0.15, 0.2) is 36.1 Å². The van der Waals surface area contributed by atoms with Crippen molar-refractivity contribution in [1.82, 2.24) is 10.2 Å². The van der Waals surface area contributed by atoms with Crippen molar-refractivity contribution in [2.45, 2.75) is 25.8 Å². The van der Waals surface area contributed by atoms with E-state index >= 15 is 0 Å². The van der Waals surface area contributed by atoms with Crippen molar-refractivity contribution in [3.8, 4) is 0 Å². The summed E-state index contributed by atoms with van der Waals surface area (Å²) in [7, 11) is 2.12. The minimum Gasteiger partial charge on any atom is -0.327 e. The van der Waals surface area contributed by atoms with Crippen LogP contribution in [0.5, 0.6) is 0 Å². The molecule has 1 aromatic carbocycles. The van der Waals surface area contributed by atoms with Gasteiger partial charge in [0.2, 0.25) is 5.91 Å². The number of carbonyl (C=O) groups excluding carboxylic acids is 1. The Labute approximate surface area is 146 Å². The van der Waals surface area contributed by atoms with E-state index in [1.807, 2.05) is 12.1 Å². The summed E-state index contributed by atoms with van der Waals surface area (Å²) in [5.41, 5.74) is 3.31. The Morgan fingerprint density at radius 1 is 1.35 bits per heavy atom. The molecule has 0 spiro atoms. The van der Waals surface area contributed by atoms with Gasteiger partial charge in [-0.05, 0) is 48.7 Å². The lowest BCUT2D eigenvalue weighted by Gasteiger charge is -2.37. The number of amides is 1. The number of benzene rings is 1. The molecule has 2 unspecified atom stereocenters. The maximum atomic E-state index is 11.2. The normalized spacial score (nSPS) is 24.1. The van der Waals surface area contributed by atoms with E-state index in [9.17, 15) is 4.79 Å². The zero-order valence-corrected chi connectivity index (χ0v) is 14.8. The van der Waals surface area contributed by atoms with Gasteiger partial charge in [0.25, 0.3) is 0 Å². The SMILES string of the molecule is CC(=O)NC1=CCC(C2CN(C)Cc3c(Cl)cc(Cl)cc32)C=C1. The highest BCUT2D eigenvalue weighted by Crippen LogP contribution is 2.41. The van der Waals surface area contributed by atoms with E-state index < -0.39 is 0 Å². The zero-order valence-electron chi connectivity index (χ0n) is 13.3. The van der Waals surface area contributed by atoms with Crippen LogP contribution in [0, 0.1) is 5.92 Å². The number of carbonyl (C=O) groups is 1. The van der Waals surface area contributed by atoms with Crippen molar-refractivity contribution in [3.63, 3.8) is 0 Å².